The van der Waals surface area contributed by atoms with Crippen LogP contribution >= 0.6 is 0 Å². The predicted octanol–water partition coefficient (Wildman–Crippen LogP) is 1.93. The van der Waals surface area contributed by atoms with Crippen LogP contribution in [0.4, 0.5) is 0 Å². The number of hydrogen-bond acceptors (Lipinski definition) is 4. The molecule has 0 unspecified atom stereocenters. The van der Waals surface area contributed by atoms with E-state index in [0.29, 0.717) is 12.2 Å². The SMILES string of the molecule is CCCNC(=O)c1nnc2ccc(-c3ccccc3)nn12. The van der Waals surface area contributed by atoms with E-state index in [-0.39, 0.29) is 11.7 Å². The second-order valence-electron chi connectivity index (χ2n) is 4.63. The Morgan fingerprint density at radius 1 is 1.14 bits per heavy atom. The smallest absolute Gasteiger partial charge is 0.291 e. The minimum absolute atomic E-state index is 0.205. The molecule has 1 amide bonds. The van der Waals surface area contributed by atoms with Crippen LogP contribution in [0.25, 0.3) is 16.9 Å². The Kier molecular flexibility index (Phi) is 3.59. The number of fused-ring (bicyclic) bond motifs is 1. The summed E-state index contributed by atoms with van der Waals surface area (Å²) in [4.78, 5) is 12.1. The third-order valence-corrected chi connectivity index (χ3v) is 3.07. The molecule has 0 atom stereocenters. The molecule has 6 heteroatoms. The van der Waals surface area contributed by atoms with Crippen molar-refractivity contribution >= 4 is 11.6 Å². The molecule has 0 spiro atoms. The van der Waals surface area contributed by atoms with Crippen LogP contribution in [0, 0.1) is 0 Å². The molecule has 0 saturated carbocycles. The monoisotopic (exact) mass is 281 g/mol. The molecule has 0 bridgehead atoms. The average Bonchev–Trinajstić information content (AvgIpc) is 2.96. The fourth-order valence-corrected chi connectivity index (χ4v) is 2.01. The summed E-state index contributed by atoms with van der Waals surface area (Å²) in [7, 11) is 0. The molecule has 2 aromatic heterocycles. The molecular formula is C15H15N5O. The number of amides is 1. The number of nitrogens with zero attached hydrogens (tertiary/aromatic N) is 4. The van der Waals surface area contributed by atoms with Gasteiger partial charge in [-0.1, -0.05) is 37.3 Å². The van der Waals surface area contributed by atoms with E-state index >= 15 is 0 Å². The summed E-state index contributed by atoms with van der Waals surface area (Å²) in [5.74, 6) is -0.0571. The van der Waals surface area contributed by atoms with E-state index in [0.717, 1.165) is 17.7 Å². The zero-order valence-corrected chi connectivity index (χ0v) is 11.7. The van der Waals surface area contributed by atoms with E-state index in [1.165, 1.54) is 4.52 Å². The highest BCUT2D eigenvalue weighted by Crippen LogP contribution is 2.16. The number of nitrogens with one attached hydrogen (secondary N) is 1. The van der Waals surface area contributed by atoms with E-state index in [4.69, 9.17) is 0 Å². The summed E-state index contributed by atoms with van der Waals surface area (Å²) in [6.07, 6.45) is 0.866. The number of carbonyl (C=O) groups excluding carboxylic acids is 1. The van der Waals surface area contributed by atoms with Crippen LogP contribution in [0.5, 0.6) is 0 Å². The van der Waals surface area contributed by atoms with Crippen LogP contribution in [-0.4, -0.2) is 32.3 Å². The molecular weight excluding hydrogens is 266 g/mol. The third kappa shape index (κ3) is 2.60. The van der Waals surface area contributed by atoms with Crippen molar-refractivity contribution < 1.29 is 4.79 Å². The van der Waals surface area contributed by atoms with Crippen molar-refractivity contribution in [1.82, 2.24) is 25.1 Å². The Bertz CT molecular complexity index is 766. The zero-order chi connectivity index (χ0) is 14.7. The highest BCUT2D eigenvalue weighted by Gasteiger charge is 2.15. The van der Waals surface area contributed by atoms with Gasteiger partial charge >= 0.3 is 0 Å². The Labute approximate surface area is 121 Å². The highest BCUT2D eigenvalue weighted by molar-refractivity contribution is 5.91. The molecule has 0 saturated heterocycles. The van der Waals surface area contributed by atoms with Crippen LogP contribution in [0.15, 0.2) is 42.5 Å². The molecule has 6 nitrogen and oxygen atoms in total. The van der Waals surface area contributed by atoms with Gasteiger partial charge in [0, 0.05) is 12.1 Å². The molecule has 21 heavy (non-hydrogen) atoms. The fourth-order valence-electron chi connectivity index (χ4n) is 2.01. The van der Waals surface area contributed by atoms with Gasteiger partial charge in [-0.15, -0.1) is 10.2 Å². The number of rotatable bonds is 4. The zero-order valence-electron chi connectivity index (χ0n) is 11.7. The van der Waals surface area contributed by atoms with Gasteiger partial charge < -0.3 is 5.32 Å². The molecule has 0 radical (unpaired) electrons. The van der Waals surface area contributed by atoms with Gasteiger partial charge in [0.1, 0.15) is 0 Å². The maximum absolute atomic E-state index is 12.1. The van der Waals surface area contributed by atoms with Gasteiger partial charge in [-0.2, -0.15) is 9.61 Å². The second-order valence-corrected chi connectivity index (χ2v) is 4.63. The lowest BCUT2D eigenvalue weighted by Gasteiger charge is -2.03. The molecule has 106 valence electrons. The van der Waals surface area contributed by atoms with Crippen molar-refractivity contribution in [3.05, 3.63) is 48.3 Å². The van der Waals surface area contributed by atoms with E-state index in [1.807, 2.05) is 43.3 Å². The summed E-state index contributed by atoms with van der Waals surface area (Å²) in [5, 5.41) is 15.1. The normalized spacial score (nSPS) is 10.7. The van der Waals surface area contributed by atoms with E-state index in [1.54, 1.807) is 6.07 Å². The Hall–Kier alpha value is -2.76. The molecule has 1 aromatic carbocycles. The van der Waals surface area contributed by atoms with Gasteiger partial charge in [-0.3, -0.25) is 4.79 Å². The fraction of sp³-hybridized carbons (Fsp3) is 0.200. The topological polar surface area (TPSA) is 72.2 Å². The number of hydrogen-bond donors (Lipinski definition) is 1. The predicted molar refractivity (Wildman–Crippen MR) is 78.8 cm³/mol. The molecule has 3 rings (SSSR count). The highest BCUT2D eigenvalue weighted by atomic mass is 16.2. The van der Waals surface area contributed by atoms with Crippen molar-refractivity contribution in [3.63, 3.8) is 0 Å². The molecule has 0 aliphatic rings. The average molecular weight is 281 g/mol. The molecule has 0 aliphatic heterocycles. The van der Waals surface area contributed by atoms with Gasteiger partial charge in [0.05, 0.1) is 5.69 Å². The number of aromatic nitrogens is 4. The summed E-state index contributed by atoms with van der Waals surface area (Å²) in [6.45, 7) is 2.60. The molecule has 1 N–H and O–H groups in total. The summed E-state index contributed by atoms with van der Waals surface area (Å²) < 4.78 is 1.48. The summed E-state index contributed by atoms with van der Waals surface area (Å²) in [5.41, 5.74) is 2.30. The van der Waals surface area contributed by atoms with Crippen molar-refractivity contribution in [2.24, 2.45) is 0 Å². The lowest BCUT2D eigenvalue weighted by atomic mass is 10.1. The first-order valence-electron chi connectivity index (χ1n) is 6.85. The Morgan fingerprint density at radius 3 is 2.71 bits per heavy atom. The first-order valence-corrected chi connectivity index (χ1v) is 6.85. The lowest BCUT2D eigenvalue weighted by Crippen LogP contribution is -2.26. The standard InChI is InChI=1S/C15H15N5O/c1-2-10-16-15(21)14-18-17-13-9-8-12(19-20(13)14)11-6-4-3-5-7-11/h3-9H,2,10H2,1H3,(H,16,21). The number of benzene rings is 1. The Balaban J connectivity index is 2.02. The van der Waals surface area contributed by atoms with E-state index < -0.39 is 0 Å². The first kappa shape index (κ1) is 13.2. The van der Waals surface area contributed by atoms with Crippen molar-refractivity contribution in [2.45, 2.75) is 13.3 Å². The maximum Gasteiger partial charge on any atom is 0.291 e. The van der Waals surface area contributed by atoms with Gasteiger partial charge in [0.25, 0.3) is 5.91 Å². The second kappa shape index (κ2) is 5.70. The van der Waals surface area contributed by atoms with Crippen LogP contribution in [0.1, 0.15) is 24.0 Å². The Morgan fingerprint density at radius 2 is 1.95 bits per heavy atom. The van der Waals surface area contributed by atoms with Gasteiger partial charge in [0.15, 0.2) is 5.65 Å². The van der Waals surface area contributed by atoms with Crippen LogP contribution in [-0.2, 0) is 0 Å². The molecule has 0 aliphatic carbocycles. The van der Waals surface area contributed by atoms with Gasteiger partial charge in [-0.25, -0.2) is 0 Å². The first-order chi connectivity index (χ1) is 10.3. The van der Waals surface area contributed by atoms with Gasteiger partial charge in [0.2, 0.25) is 5.82 Å². The van der Waals surface area contributed by atoms with E-state index in [9.17, 15) is 4.79 Å². The number of carbonyl (C=O) groups is 1. The van der Waals surface area contributed by atoms with Crippen molar-refractivity contribution in [1.29, 1.82) is 0 Å². The molecule has 0 fully saturated rings. The van der Waals surface area contributed by atoms with Gasteiger partial charge in [-0.05, 0) is 18.6 Å². The maximum atomic E-state index is 12.1. The summed E-state index contributed by atoms with van der Waals surface area (Å²) >= 11 is 0. The lowest BCUT2D eigenvalue weighted by molar-refractivity contribution is 0.0941. The third-order valence-electron chi connectivity index (χ3n) is 3.07. The summed E-state index contributed by atoms with van der Waals surface area (Å²) in [6, 6.07) is 13.5. The quantitative estimate of drug-likeness (QED) is 0.793. The van der Waals surface area contributed by atoms with Crippen molar-refractivity contribution in [2.75, 3.05) is 6.54 Å². The molecule has 2 heterocycles. The minimum Gasteiger partial charge on any atom is -0.349 e. The van der Waals surface area contributed by atoms with Crippen LogP contribution < -0.4 is 5.32 Å². The van der Waals surface area contributed by atoms with E-state index in [2.05, 4.69) is 20.6 Å². The largest absolute Gasteiger partial charge is 0.349 e. The van der Waals surface area contributed by atoms with Crippen LogP contribution in [0.3, 0.4) is 0 Å². The molecule has 3 aromatic rings. The van der Waals surface area contributed by atoms with Crippen LogP contribution in [0.2, 0.25) is 0 Å². The minimum atomic E-state index is -0.262. The van der Waals surface area contributed by atoms with Crippen molar-refractivity contribution in [3.8, 4) is 11.3 Å².